The second kappa shape index (κ2) is 6.39. The normalized spacial score (nSPS) is 12.2. The van der Waals surface area contributed by atoms with Crippen molar-refractivity contribution in [3.8, 4) is 5.75 Å². The standard InChI is InChI=1S/C17H21NO/c1-13-9-10-16(17(11-13)19-3)14(2)18-12-15-7-5-4-6-8-15/h4-11,14,18H,12H2,1-3H3. The van der Waals surface area contributed by atoms with Gasteiger partial charge in [0.25, 0.3) is 0 Å². The van der Waals surface area contributed by atoms with E-state index in [-0.39, 0.29) is 6.04 Å². The van der Waals surface area contributed by atoms with E-state index in [1.807, 2.05) is 6.07 Å². The molecule has 0 saturated heterocycles. The summed E-state index contributed by atoms with van der Waals surface area (Å²) in [5.41, 5.74) is 3.71. The summed E-state index contributed by atoms with van der Waals surface area (Å²) >= 11 is 0. The maximum Gasteiger partial charge on any atom is 0.123 e. The highest BCUT2D eigenvalue weighted by Gasteiger charge is 2.10. The Labute approximate surface area is 115 Å². The molecule has 0 aromatic heterocycles. The first-order chi connectivity index (χ1) is 9.20. The molecule has 0 saturated carbocycles. The largest absolute Gasteiger partial charge is 0.496 e. The van der Waals surface area contributed by atoms with E-state index in [1.54, 1.807) is 7.11 Å². The average molecular weight is 255 g/mol. The smallest absolute Gasteiger partial charge is 0.123 e. The predicted molar refractivity (Wildman–Crippen MR) is 79.4 cm³/mol. The number of benzene rings is 2. The van der Waals surface area contributed by atoms with Gasteiger partial charge in [0.1, 0.15) is 5.75 Å². The quantitative estimate of drug-likeness (QED) is 0.876. The van der Waals surface area contributed by atoms with E-state index in [4.69, 9.17) is 4.74 Å². The summed E-state index contributed by atoms with van der Waals surface area (Å²) in [7, 11) is 1.72. The van der Waals surface area contributed by atoms with E-state index in [0.717, 1.165) is 12.3 Å². The van der Waals surface area contributed by atoms with Crippen LogP contribution in [0, 0.1) is 6.92 Å². The number of ether oxygens (including phenoxy) is 1. The summed E-state index contributed by atoms with van der Waals surface area (Å²) in [6, 6.07) is 17.0. The van der Waals surface area contributed by atoms with E-state index < -0.39 is 0 Å². The van der Waals surface area contributed by atoms with Gasteiger partial charge in [-0.25, -0.2) is 0 Å². The molecule has 2 nitrogen and oxygen atoms in total. The molecule has 0 heterocycles. The molecule has 2 rings (SSSR count). The number of nitrogens with one attached hydrogen (secondary N) is 1. The number of rotatable bonds is 5. The Morgan fingerprint density at radius 3 is 2.53 bits per heavy atom. The zero-order valence-electron chi connectivity index (χ0n) is 11.8. The summed E-state index contributed by atoms with van der Waals surface area (Å²) in [6.45, 7) is 5.10. The predicted octanol–water partition coefficient (Wildman–Crippen LogP) is 3.85. The maximum atomic E-state index is 5.46. The molecule has 0 aliphatic heterocycles. The van der Waals surface area contributed by atoms with Gasteiger partial charge in [-0.3, -0.25) is 0 Å². The fourth-order valence-corrected chi connectivity index (χ4v) is 2.15. The third-order valence-corrected chi connectivity index (χ3v) is 3.31. The fraction of sp³-hybridized carbons (Fsp3) is 0.294. The van der Waals surface area contributed by atoms with Crippen LogP contribution in [0.5, 0.6) is 5.75 Å². The van der Waals surface area contributed by atoms with Crippen LogP contribution in [0.2, 0.25) is 0 Å². The van der Waals surface area contributed by atoms with Crippen LogP contribution in [0.4, 0.5) is 0 Å². The van der Waals surface area contributed by atoms with Gasteiger partial charge < -0.3 is 10.1 Å². The third-order valence-electron chi connectivity index (χ3n) is 3.31. The second-order valence-electron chi connectivity index (χ2n) is 4.83. The summed E-state index contributed by atoms with van der Waals surface area (Å²) in [5.74, 6) is 0.952. The number of hydrogen-bond acceptors (Lipinski definition) is 2. The van der Waals surface area contributed by atoms with Gasteiger partial charge in [-0.1, -0.05) is 42.5 Å². The van der Waals surface area contributed by atoms with Gasteiger partial charge >= 0.3 is 0 Å². The fourth-order valence-electron chi connectivity index (χ4n) is 2.15. The summed E-state index contributed by atoms with van der Waals surface area (Å²) < 4.78 is 5.46. The van der Waals surface area contributed by atoms with Crippen molar-refractivity contribution in [1.29, 1.82) is 0 Å². The lowest BCUT2D eigenvalue weighted by molar-refractivity contribution is 0.401. The summed E-state index contributed by atoms with van der Waals surface area (Å²) in [6.07, 6.45) is 0. The first kappa shape index (κ1) is 13.6. The zero-order chi connectivity index (χ0) is 13.7. The van der Waals surface area contributed by atoms with Gasteiger partial charge in [-0.15, -0.1) is 0 Å². The molecule has 2 aromatic carbocycles. The first-order valence-corrected chi connectivity index (χ1v) is 6.62. The van der Waals surface area contributed by atoms with Crippen LogP contribution in [0.25, 0.3) is 0 Å². The van der Waals surface area contributed by atoms with Gasteiger partial charge in [0.05, 0.1) is 7.11 Å². The summed E-state index contributed by atoms with van der Waals surface area (Å²) in [4.78, 5) is 0. The Morgan fingerprint density at radius 1 is 1.11 bits per heavy atom. The Kier molecular flexibility index (Phi) is 4.58. The van der Waals surface area contributed by atoms with E-state index in [9.17, 15) is 0 Å². The van der Waals surface area contributed by atoms with Crippen molar-refractivity contribution in [3.05, 3.63) is 65.2 Å². The monoisotopic (exact) mass is 255 g/mol. The van der Waals surface area contributed by atoms with Gasteiger partial charge in [0.15, 0.2) is 0 Å². The zero-order valence-corrected chi connectivity index (χ0v) is 11.8. The van der Waals surface area contributed by atoms with Crippen molar-refractivity contribution in [2.75, 3.05) is 7.11 Å². The topological polar surface area (TPSA) is 21.3 Å². The van der Waals surface area contributed by atoms with Crippen molar-refractivity contribution in [1.82, 2.24) is 5.32 Å². The Hall–Kier alpha value is -1.80. The third kappa shape index (κ3) is 3.58. The van der Waals surface area contributed by atoms with Gasteiger partial charge in [0.2, 0.25) is 0 Å². The molecule has 0 bridgehead atoms. The molecule has 0 radical (unpaired) electrons. The molecule has 19 heavy (non-hydrogen) atoms. The minimum absolute atomic E-state index is 0.260. The van der Waals surface area contributed by atoms with Crippen LogP contribution in [0.15, 0.2) is 48.5 Å². The van der Waals surface area contributed by atoms with E-state index in [2.05, 4.69) is 61.6 Å². The van der Waals surface area contributed by atoms with Crippen molar-refractivity contribution in [2.24, 2.45) is 0 Å². The minimum atomic E-state index is 0.260. The lowest BCUT2D eigenvalue weighted by atomic mass is 10.0. The van der Waals surface area contributed by atoms with Crippen molar-refractivity contribution in [3.63, 3.8) is 0 Å². The highest BCUT2D eigenvalue weighted by atomic mass is 16.5. The minimum Gasteiger partial charge on any atom is -0.496 e. The lowest BCUT2D eigenvalue weighted by Crippen LogP contribution is -2.18. The molecular weight excluding hydrogens is 234 g/mol. The van der Waals surface area contributed by atoms with Crippen LogP contribution in [0.3, 0.4) is 0 Å². The van der Waals surface area contributed by atoms with Gasteiger partial charge in [-0.05, 0) is 31.0 Å². The van der Waals surface area contributed by atoms with Crippen LogP contribution < -0.4 is 10.1 Å². The molecule has 0 aliphatic carbocycles. The number of aryl methyl sites for hydroxylation is 1. The molecule has 0 fully saturated rings. The van der Waals surface area contributed by atoms with Crippen molar-refractivity contribution >= 4 is 0 Å². The average Bonchev–Trinajstić information content (AvgIpc) is 2.45. The SMILES string of the molecule is COc1cc(C)ccc1C(C)NCc1ccccc1. The van der Waals surface area contributed by atoms with E-state index in [1.165, 1.54) is 16.7 Å². The molecule has 1 unspecified atom stereocenters. The molecule has 1 N–H and O–H groups in total. The number of hydrogen-bond donors (Lipinski definition) is 1. The molecule has 100 valence electrons. The Morgan fingerprint density at radius 2 is 1.84 bits per heavy atom. The lowest BCUT2D eigenvalue weighted by Gasteiger charge is -2.18. The number of methoxy groups -OCH3 is 1. The molecular formula is C17H21NO. The molecule has 1 atom stereocenters. The second-order valence-corrected chi connectivity index (χ2v) is 4.83. The van der Waals surface area contributed by atoms with Crippen LogP contribution >= 0.6 is 0 Å². The molecule has 2 heteroatoms. The van der Waals surface area contributed by atoms with Gasteiger partial charge in [-0.2, -0.15) is 0 Å². The van der Waals surface area contributed by atoms with Crippen LogP contribution in [0.1, 0.15) is 29.7 Å². The van der Waals surface area contributed by atoms with E-state index >= 15 is 0 Å². The van der Waals surface area contributed by atoms with E-state index in [0.29, 0.717) is 0 Å². The van der Waals surface area contributed by atoms with Crippen molar-refractivity contribution < 1.29 is 4.74 Å². The Bertz CT molecular complexity index is 522. The molecule has 0 amide bonds. The van der Waals surface area contributed by atoms with Gasteiger partial charge in [0, 0.05) is 18.2 Å². The first-order valence-electron chi connectivity index (χ1n) is 6.62. The Balaban J connectivity index is 2.05. The molecule has 0 aliphatic rings. The summed E-state index contributed by atoms with van der Waals surface area (Å²) in [5, 5.41) is 3.53. The van der Waals surface area contributed by atoms with Crippen molar-refractivity contribution in [2.45, 2.75) is 26.4 Å². The highest BCUT2D eigenvalue weighted by molar-refractivity contribution is 5.39. The molecule has 2 aromatic rings. The highest BCUT2D eigenvalue weighted by Crippen LogP contribution is 2.26. The maximum absolute atomic E-state index is 5.46. The van der Waals surface area contributed by atoms with Crippen LogP contribution in [-0.2, 0) is 6.54 Å². The van der Waals surface area contributed by atoms with Crippen LogP contribution in [-0.4, -0.2) is 7.11 Å². The molecule has 0 spiro atoms.